The third-order valence-corrected chi connectivity index (χ3v) is 7.93. The molecule has 1 saturated heterocycles. The molecular formula is C19H23FN6O5S. The van der Waals surface area contributed by atoms with Gasteiger partial charge in [0, 0.05) is 24.9 Å². The molecule has 0 saturated carbocycles. The summed E-state index contributed by atoms with van der Waals surface area (Å²) in [5.74, 6) is -0.634. The number of anilines is 1. The van der Waals surface area contributed by atoms with Crippen LogP contribution in [0.2, 0.25) is 0 Å². The Morgan fingerprint density at radius 1 is 1.41 bits per heavy atom. The molecule has 13 heteroatoms. The molecule has 1 fully saturated rings. The standard InChI is InChI=1S/C19H23FN6O5S/c1-26-18(21)25-19(10-31-6-5-15(19)32(26,28)29)12-7-11(3-4-13(12)20)24-17(27)14-8-23-16(30-2)9-22-14/h3-4,7-9,15,17,24,27H,5-6,10H2,1-2H3,(H2,21,25)/t15?,17-,19+/m0/s1. The number of guanidine groups is 1. The minimum absolute atomic E-state index is 0.000148. The van der Waals surface area contributed by atoms with Crippen molar-refractivity contribution in [3.63, 3.8) is 0 Å². The SMILES string of the molecule is COc1cnc([C@H](O)Nc2ccc(F)c([C@]34COCCC3S(=O)(=O)N(C)C(N)=N4)c2)cn1. The summed E-state index contributed by atoms with van der Waals surface area (Å²) in [6, 6.07) is 3.97. The van der Waals surface area contributed by atoms with Gasteiger partial charge in [-0.05, 0) is 24.6 Å². The molecule has 4 rings (SSSR count). The monoisotopic (exact) mass is 466 g/mol. The highest BCUT2D eigenvalue weighted by atomic mass is 32.2. The number of aliphatic hydroxyl groups excluding tert-OH is 1. The number of aromatic nitrogens is 2. The molecule has 3 atom stereocenters. The topological polar surface area (TPSA) is 152 Å². The lowest BCUT2D eigenvalue weighted by Gasteiger charge is -2.45. The molecule has 4 N–H and O–H groups in total. The average molecular weight is 466 g/mol. The largest absolute Gasteiger partial charge is 0.480 e. The summed E-state index contributed by atoms with van der Waals surface area (Å²) >= 11 is 0. The van der Waals surface area contributed by atoms with Gasteiger partial charge in [0.05, 0.1) is 26.1 Å². The van der Waals surface area contributed by atoms with E-state index in [-0.39, 0.29) is 42.7 Å². The van der Waals surface area contributed by atoms with Crippen molar-refractivity contribution in [1.82, 2.24) is 14.3 Å². The van der Waals surface area contributed by atoms with Crippen molar-refractivity contribution in [1.29, 1.82) is 0 Å². The minimum atomic E-state index is -3.89. The number of rotatable bonds is 5. The summed E-state index contributed by atoms with van der Waals surface area (Å²) in [5, 5.41) is 12.2. The number of nitrogens with two attached hydrogens (primary N) is 1. The van der Waals surface area contributed by atoms with Crippen LogP contribution >= 0.6 is 0 Å². The molecular weight excluding hydrogens is 443 g/mol. The summed E-state index contributed by atoms with van der Waals surface area (Å²) in [6.45, 7) is 0.0433. The maximum Gasteiger partial charge on any atom is 0.242 e. The number of sulfonamides is 1. The van der Waals surface area contributed by atoms with E-state index in [1.807, 2.05) is 0 Å². The van der Waals surface area contributed by atoms with Gasteiger partial charge in [-0.25, -0.2) is 32.1 Å². The van der Waals surface area contributed by atoms with Crippen LogP contribution in [-0.2, 0) is 20.3 Å². The van der Waals surface area contributed by atoms with Gasteiger partial charge in [-0.15, -0.1) is 0 Å². The van der Waals surface area contributed by atoms with Crippen LogP contribution in [0.1, 0.15) is 23.9 Å². The molecule has 2 aromatic rings. The van der Waals surface area contributed by atoms with E-state index < -0.39 is 32.9 Å². The van der Waals surface area contributed by atoms with Crippen molar-refractivity contribution in [2.45, 2.75) is 23.4 Å². The maximum atomic E-state index is 15.0. The summed E-state index contributed by atoms with van der Waals surface area (Å²) in [6.07, 6.45) is 1.54. The molecule has 0 aliphatic carbocycles. The Kier molecular flexibility index (Phi) is 5.65. The lowest BCUT2D eigenvalue weighted by atomic mass is 9.84. The van der Waals surface area contributed by atoms with Crippen molar-refractivity contribution >= 4 is 21.7 Å². The zero-order valence-electron chi connectivity index (χ0n) is 17.4. The van der Waals surface area contributed by atoms with Crippen LogP contribution in [0.4, 0.5) is 10.1 Å². The number of aliphatic hydroxyl groups is 1. The molecule has 172 valence electrons. The number of aliphatic imine (C=N–C) groups is 1. The average Bonchev–Trinajstić information content (AvgIpc) is 2.79. The van der Waals surface area contributed by atoms with Crippen molar-refractivity contribution < 1.29 is 27.4 Å². The first-order valence-corrected chi connectivity index (χ1v) is 11.2. The second-order valence-electron chi connectivity index (χ2n) is 7.46. The number of hydrogen-bond acceptors (Lipinski definition) is 10. The van der Waals surface area contributed by atoms with Gasteiger partial charge in [0.25, 0.3) is 0 Å². The van der Waals surface area contributed by atoms with Crippen LogP contribution in [0.15, 0.2) is 35.6 Å². The van der Waals surface area contributed by atoms with Crippen molar-refractivity contribution in [3.8, 4) is 5.88 Å². The highest BCUT2D eigenvalue weighted by Gasteiger charge is 2.56. The smallest absolute Gasteiger partial charge is 0.242 e. The fraction of sp³-hybridized carbons (Fsp3) is 0.421. The Morgan fingerprint density at radius 3 is 2.88 bits per heavy atom. The van der Waals surface area contributed by atoms with E-state index in [9.17, 15) is 13.5 Å². The maximum absolute atomic E-state index is 15.0. The normalized spacial score (nSPS) is 25.4. The second kappa shape index (κ2) is 8.15. The highest BCUT2D eigenvalue weighted by Crippen LogP contribution is 2.44. The lowest BCUT2D eigenvalue weighted by molar-refractivity contribution is 0.0361. The fourth-order valence-corrected chi connectivity index (χ4v) is 5.73. The summed E-state index contributed by atoms with van der Waals surface area (Å²) in [4.78, 5) is 12.4. The van der Waals surface area contributed by atoms with E-state index in [4.69, 9.17) is 15.2 Å². The third kappa shape index (κ3) is 3.61. The number of benzene rings is 1. The number of nitrogens with zero attached hydrogens (tertiary/aromatic N) is 4. The number of ether oxygens (including phenoxy) is 2. The third-order valence-electron chi connectivity index (χ3n) is 5.63. The Balaban J connectivity index is 1.73. The Bertz CT molecular complexity index is 1150. The van der Waals surface area contributed by atoms with E-state index in [1.165, 1.54) is 44.8 Å². The molecule has 2 aliphatic heterocycles. The first-order chi connectivity index (χ1) is 15.2. The number of methoxy groups -OCH3 is 1. The molecule has 0 amide bonds. The number of nitrogens with one attached hydrogen (secondary N) is 1. The zero-order valence-corrected chi connectivity index (χ0v) is 18.2. The molecule has 0 spiro atoms. The van der Waals surface area contributed by atoms with Crippen molar-refractivity contribution in [2.24, 2.45) is 10.7 Å². The Hall–Kier alpha value is -3.03. The molecule has 2 aliphatic rings. The van der Waals surface area contributed by atoms with Gasteiger partial charge >= 0.3 is 0 Å². The number of hydrogen-bond donors (Lipinski definition) is 3. The Morgan fingerprint density at radius 2 is 2.19 bits per heavy atom. The van der Waals surface area contributed by atoms with Gasteiger partial charge in [0.15, 0.2) is 6.23 Å². The first kappa shape index (κ1) is 22.2. The fourth-order valence-electron chi connectivity index (χ4n) is 3.91. The van der Waals surface area contributed by atoms with E-state index in [1.54, 1.807) is 0 Å². The van der Waals surface area contributed by atoms with Crippen LogP contribution in [0.3, 0.4) is 0 Å². The van der Waals surface area contributed by atoms with Gasteiger partial charge in [-0.1, -0.05) is 0 Å². The summed E-state index contributed by atoms with van der Waals surface area (Å²) < 4.78 is 52.5. The highest BCUT2D eigenvalue weighted by molar-refractivity contribution is 7.90. The van der Waals surface area contributed by atoms with E-state index in [0.29, 0.717) is 5.69 Å². The van der Waals surface area contributed by atoms with Gasteiger partial charge in [0.1, 0.15) is 22.3 Å². The van der Waals surface area contributed by atoms with Gasteiger partial charge in [-0.2, -0.15) is 0 Å². The predicted molar refractivity (Wildman–Crippen MR) is 113 cm³/mol. The Labute approximate surface area is 184 Å². The van der Waals surface area contributed by atoms with Crippen molar-refractivity contribution in [2.75, 3.05) is 32.7 Å². The van der Waals surface area contributed by atoms with Crippen molar-refractivity contribution in [3.05, 3.63) is 47.7 Å². The van der Waals surface area contributed by atoms with E-state index in [0.717, 1.165) is 4.31 Å². The molecule has 0 bridgehead atoms. The lowest BCUT2D eigenvalue weighted by Crippen LogP contribution is -2.61. The first-order valence-electron chi connectivity index (χ1n) is 9.70. The molecule has 1 unspecified atom stereocenters. The molecule has 11 nitrogen and oxygen atoms in total. The zero-order chi connectivity index (χ0) is 23.1. The molecule has 32 heavy (non-hydrogen) atoms. The van der Waals surface area contributed by atoms with Crippen LogP contribution < -0.4 is 15.8 Å². The summed E-state index contributed by atoms with van der Waals surface area (Å²) in [5.41, 5.74) is 4.86. The minimum Gasteiger partial charge on any atom is -0.480 e. The molecule has 1 aromatic carbocycles. The number of halogens is 1. The second-order valence-corrected chi connectivity index (χ2v) is 9.61. The molecule has 0 radical (unpaired) electrons. The van der Waals surface area contributed by atoms with E-state index >= 15 is 4.39 Å². The number of fused-ring (bicyclic) bond motifs is 1. The molecule has 3 heterocycles. The molecule has 1 aromatic heterocycles. The van der Waals surface area contributed by atoms with Gasteiger partial charge < -0.3 is 25.6 Å². The summed E-state index contributed by atoms with van der Waals surface area (Å²) in [7, 11) is -1.13. The van der Waals surface area contributed by atoms with Gasteiger partial charge in [0.2, 0.25) is 21.9 Å². The quantitative estimate of drug-likeness (QED) is 0.528. The van der Waals surface area contributed by atoms with Crippen LogP contribution in [0, 0.1) is 5.82 Å². The predicted octanol–water partition coefficient (Wildman–Crippen LogP) is 0.301. The van der Waals surface area contributed by atoms with Crippen LogP contribution in [0.25, 0.3) is 0 Å². The van der Waals surface area contributed by atoms with E-state index in [2.05, 4.69) is 20.3 Å². The van der Waals surface area contributed by atoms with Gasteiger partial charge in [-0.3, -0.25) is 0 Å². The van der Waals surface area contributed by atoms with Crippen LogP contribution in [-0.4, -0.2) is 66.4 Å². The van der Waals surface area contributed by atoms with Crippen LogP contribution in [0.5, 0.6) is 5.88 Å².